The van der Waals surface area contributed by atoms with Crippen LogP contribution in [0.4, 0.5) is 4.79 Å². The maximum absolute atomic E-state index is 12.0. The zero-order valence-electron chi connectivity index (χ0n) is 12.6. The fourth-order valence-corrected chi connectivity index (χ4v) is 1.98. The largest absolute Gasteiger partial charge is 0.465 e. The van der Waals surface area contributed by atoms with Crippen molar-refractivity contribution in [1.29, 1.82) is 0 Å². The standard InChI is InChI=1S/C13H24N2O4.ClH/c1-5-18-10(16)13(6-7-14-8-13)9-15-11(17)19-12(2,3)4;/h14H,5-9H2,1-4H3,(H,15,17);1H. The summed E-state index contributed by atoms with van der Waals surface area (Å²) in [6.07, 6.45) is 0.143. The monoisotopic (exact) mass is 308 g/mol. The minimum Gasteiger partial charge on any atom is -0.465 e. The van der Waals surface area contributed by atoms with Gasteiger partial charge in [0.05, 0.1) is 12.0 Å². The third kappa shape index (κ3) is 5.54. The molecule has 7 heteroatoms. The molecule has 1 aliphatic rings. The molecule has 1 rings (SSSR count). The molecule has 1 heterocycles. The van der Waals surface area contributed by atoms with Gasteiger partial charge in [0.15, 0.2) is 0 Å². The highest BCUT2D eigenvalue weighted by Crippen LogP contribution is 2.26. The van der Waals surface area contributed by atoms with Gasteiger partial charge < -0.3 is 20.1 Å². The number of alkyl carbamates (subject to hydrolysis) is 1. The highest BCUT2D eigenvalue weighted by Gasteiger charge is 2.43. The van der Waals surface area contributed by atoms with Gasteiger partial charge in [-0.25, -0.2) is 4.79 Å². The first-order valence-corrected chi connectivity index (χ1v) is 6.64. The molecule has 0 radical (unpaired) electrons. The molecule has 0 spiro atoms. The van der Waals surface area contributed by atoms with E-state index in [2.05, 4.69) is 10.6 Å². The first-order chi connectivity index (χ1) is 8.79. The Balaban J connectivity index is 0.00000361. The van der Waals surface area contributed by atoms with Gasteiger partial charge in [-0.1, -0.05) is 0 Å². The summed E-state index contributed by atoms with van der Waals surface area (Å²) in [5.41, 5.74) is -1.22. The average Bonchev–Trinajstić information content (AvgIpc) is 2.74. The van der Waals surface area contributed by atoms with Gasteiger partial charge in [0, 0.05) is 13.1 Å². The Bertz CT molecular complexity index is 336. The van der Waals surface area contributed by atoms with Crippen molar-refractivity contribution < 1.29 is 19.1 Å². The number of esters is 1. The summed E-state index contributed by atoms with van der Waals surface area (Å²) in [6, 6.07) is 0. The maximum Gasteiger partial charge on any atom is 0.407 e. The van der Waals surface area contributed by atoms with E-state index >= 15 is 0 Å². The van der Waals surface area contributed by atoms with Crippen LogP contribution in [0.1, 0.15) is 34.1 Å². The molecule has 1 fully saturated rings. The van der Waals surface area contributed by atoms with Crippen molar-refractivity contribution >= 4 is 24.5 Å². The van der Waals surface area contributed by atoms with Gasteiger partial charge in [-0.15, -0.1) is 12.4 Å². The van der Waals surface area contributed by atoms with Crippen LogP contribution in [-0.2, 0) is 14.3 Å². The van der Waals surface area contributed by atoms with E-state index in [0.717, 1.165) is 6.54 Å². The lowest BCUT2D eigenvalue weighted by Crippen LogP contribution is -2.46. The van der Waals surface area contributed by atoms with E-state index in [-0.39, 0.29) is 24.9 Å². The summed E-state index contributed by atoms with van der Waals surface area (Å²) in [5, 5.41) is 5.79. The van der Waals surface area contributed by atoms with Crippen molar-refractivity contribution in [3.8, 4) is 0 Å². The van der Waals surface area contributed by atoms with Crippen LogP contribution in [0.15, 0.2) is 0 Å². The lowest BCUT2D eigenvalue weighted by atomic mass is 9.87. The van der Waals surface area contributed by atoms with Crippen LogP contribution in [0.25, 0.3) is 0 Å². The number of carbonyl (C=O) groups excluding carboxylic acids is 2. The van der Waals surface area contributed by atoms with Crippen LogP contribution in [0.3, 0.4) is 0 Å². The Hall–Kier alpha value is -1.01. The molecule has 1 amide bonds. The van der Waals surface area contributed by atoms with Gasteiger partial charge in [0.25, 0.3) is 0 Å². The molecular formula is C13H25ClN2O4. The fraction of sp³-hybridized carbons (Fsp3) is 0.846. The van der Waals surface area contributed by atoms with Gasteiger partial charge >= 0.3 is 12.1 Å². The van der Waals surface area contributed by atoms with E-state index in [4.69, 9.17) is 9.47 Å². The van der Waals surface area contributed by atoms with Gasteiger partial charge in [-0.05, 0) is 40.7 Å². The predicted octanol–water partition coefficient (Wildman–Crippen LogP) is 1.48. The van der Waals surface area contributed by atoms with E-state index in [1.807, 2.05) is 0 Å². The van der Waals surface area contributed by atoms with Crippen molar-refractivity contribution in [2.45, 2.75) is 39.7 Å². The van der Waals surface area contributed by atoms with Gasteiger partial charge in [0.2, 0.25) is 0 Å². The van der Waals surface area contributed by atoms with E-state index in [1.165, 1.54) is 0 Å². The molecule has 6 nitrogen and oxygen atoms in total. The van der Waals surface area contributed by atoms with Crippen molar-refractivity contribution in [2.24, 2.45) is 5.41 Å². The van der Waals surface area contributed by atoms with Crippen LogP contribution in [0.2, 0.25) is 0 Å². The molecule has 1 aliphatic heterocycles. The van der Waals surface area contributed by atoms with E-state index < -0.39 is 17.1 Å². The second-order valence-corrected chi connectivity index (χ2v) is 5.78. The topological polar surface area (TPSA) is 76.7 Å². The lowest BCUT2D eigenvalue weighted by Gasteiger charge is -2.27. The molecule has 0 aliphatic carbocycles. The van der Waals surface area contributed by atoms with Crippen molar-refractivity contribution in [2.75, 3.05) is 26.2 Å². The molecular weight excluding hydrogens is 284 g/mol. The number of hydrogen-bond acceptors (Lipinski definition) is 5. The normalized spacial score (nSPS) is 21.8. The first-order valence-electron chi connectivity index (χ1n) is 6.64. The first kappa shape index (κ1) is 19.0. The second kappa shape index (κ2) is 7.69. The quantitative estimate of drug-likeness (QED) is 0.769. The number of rotatable bonds is 4. The molecule has 0 saturated carbocycles. The van der Waals surface area contributed by atoms with E-state index in [1.54, 1.807) is 27.7 Å². The maximum atomic E-state index is 12.0. The lowest BCUT2D eigenvalue weighted by molar-refractivity contribution is -0.153. The summed E-state index contributed by atoms with van der Waals surface area (Å²) in [5.74, 6) is -0.268. The number of halogens is 1. The molecule has 1 atom stereocenters. The zero-order valence-corrected chi connectivity index (χ0v) is 13.4. The van der Waals surface area contributed by atoms with Gasteiger partial charge in [-0.2, -0.15) is 0 Å². The number of nitrogens with one attached hydrogen (secondary N) is 2. The highest BCUT2D eigenvalue weighted by atomic mass is 35.5. The van der Waals surface area contributed by atoms with Crippen LogP contribution in [0.5, 0.6) is 0 Å². The Kier molecular flexibility index (Phi) is 7.30. The van der Waals surface area contributed by atoms with Crippen LogP contribution < -0.4 is 10.6 Å². The van der Waals surface area contributed by atoms with Crippen LogP contribution >= 0.6 is 12.4 Å². The second-order valence-electron chi connectivity index (χ2n) is 5.78. The number of ether oxygens (including phenoxy) is 2. The highest BCUT2D eigenvalue weighted by molar-refractivity contribution is 5.85. The third-order valence-electron chi connectivity index (χ3n) is 2.92. The smallest absolute Gasteiger partial charge is 0.407 e. The number of carbonyl (C=O) groups is 2. The average molecular weight is 309 g/mol. The molecule has 0 aromatic carbocycles. The number of amides is 1. The summed E-state index contributed by atoms with van der Waals surface area (Å²) in [7, 11) is 0. The molecule has 20 heavy (non-hydrogen) atoms. The Morgan fingerprint density at radius 3 is 2.45 bits per heavy atom. The minimum absolute atomic E-state index is 0. The zero-order chi connectivity index (χ0) is 14.5. The molecule has 1 unspecified atom stereocenters. The van der Waals surface area contributed by atoms with Crippen molar-refractivity contribution in [3.63, 3.8) is 0 Å². The Labute approximate surface area is 126 Å². The van der Waals surface area contributed by atoms with Crippen LogP contribution in [0, 0.1) is 5.41 Å². The van der Waals surface area contributed by atoms with Crippen LogP contribution in [-0.4, -0.2) is 43.9 Å². The molecule has 118 valence electrons. The Morgan fingerprint density at radius 1 is 1.35 bits per heavy atom. The fourth-order valence-electron chi connectivity index (χ4n) is 1.98. The summed E-state index contributed by atoms with van der Waals surface area (Å²) in [4.78, 5) is 23.6. The minimum atomic E-state index is -0.674. The number of hydrogen-bond donors (Lipinski definition) is 2. The van der Waals surface area contributed by atoms with Crippen molar-refractivity contribution in [1.82, 2.24) is 10.6 Å². The summed E-state index contributed by atoms with van der Waals surface area (Å²) >= 11 is 0. The third-order valence-corrected chi connectivity index (χ3v) is 2.92. The summed E-state index contributed by atoms with van der Waals surface area (Å²) in [6.45, 7) is 8.99. The van der Waals surface area contributed by atoms with E-state index in [0.29, 0.717) is 19.6 Å². The Morgan fingerprint density at radius 2 is 2.00 bits per heavy atom. The molecule has 1 saturated heterocycles. The van der Waals surface area contributed by atoms with Gasteiger partial charge in [0.1, 0.15) is 5.60 Å². The van der Waals surface area contributed by atoms with Crippen molar-refractivity contribution in [3.05, 3.63) is 0 Å². The predicted molar refractivity (Wildman–Crippen MR) is 78.0 cm³/mol. The molecule has 0 aromatic rings. The SMILES string of the molecule is CCOC(=O)C1(CNC(=O)OC(C)(C)C)CCNC1.Cl. The summed E-state index contributed by atoms with van der Waals surface area (Å²) < 4.78 is 10.3. The molecule has 0 bridgehead atoms. The van der Waals surface area contributed by atoms with E-state index in [9.17, 15) is 9.59 Å². The molecule has 2 N–H and O–H groups in total. The molecule has 0 aromatic heterocycles. The van der Waals surface area contributed by atoms with Gasteiger partial charge in [-0.3, -0.25) is 4.79 Å².